The number of hydrogen-bond acceptors (Lipinski definition) is 3. The van der Waals surface area contributed by atoms with Crippen molar-refractivity contribution in [2.75, 3.05) is 0 Å². The molecule has 0 saturated carbocycles. The van der Waals surface area contributed by atoms with Gasteiger partial charge in [0.05, 0.1) is 0 Å². The molecule has 3 aromatic rings. The molecule has 26 heavy (non-hydrogen) atoms. The predicted molar refractivity (Wildman–Crippen MR) is 104 cm³/mol. The summed E-state index contributed by atoms with van der Waals surface area (Å²) in [4.78, 5) is 14.2. The van der Waals surface area contributed by atoms with E-state index in [0.29, 0.717) is 0 Å². The molecule has 0 unspecified atom stereocenters. The number of benzene rings is 3. The molecule has 3 rings (SSSR count). The minimum atomic E-state index is -2.52. The Balaban J connectivity index is 2.48. The number of aryl methyl sites for hydroxylation is 3. The summed E-state index contributed by atoms with van der Waals surface area (Å²) in [6.07, 6.45) is 0. The molecule has 134 valence electrons. The van der Waals surface area contributed by atoms with Crippen molar-refractivity contribution < 1.29 is 9.37 Å². The van der Waals surface area contributed by atoms with Crippen LogP contribution in [-0.4, -0.2) is 5.09 Å². The summed E-state index contributed by atoms with van der Waals surface area (Å²) in [7, 11) is -2.52. The van der Waals surface area contributed by atoms with Crippen molar-refractivity contribution in [1.29, 1.82) is 0 Å². The molecular weight excluding hydrogens is 346 g/mol. The average molecular weight is 367 g/mol. The highest BCUT2D eigenvalue weighted by atomic mass is 32.3. The zero-order chi connectivity index (χ0) is 18.7. The molecule has 0 aliphatic rings. The van der Waals surface area contributed by atoms with Crippen molar-refractivity contribution in [2.24, 2.45) is 0 Å². The summed E-state index contributed by atoms with van der Waals surface area (Å²) in [6.45, 7) is 5.91. The Kier molecular flexibility index (Phi) is 5.00. The van der Waals surface area contributed by atoms with Crippen LogP contribution in [0, 0.1) is 30.9 Å². The van der Waals surface area contributed by atoms with E-state index in [4.69, 9.17) is 4.28 Å². The molecule has 3 aromatic carbocycles. The molecule has 0 bridgehead atoms. The molecule has 0 saturated heterocycles. The molecular formula is C21H21NO3S. The lowest BCUT2D eigenvalue weighted by molar-refractivity contribution is -0.710. The number of hydrogen-bond donors (Lipinski definition) is 0. The van der Waals surface area contributed by atoms with Crippen LogP contribution in [0.4, 0.5) is 0 Å². The standard InChI is InChI=1S/C21H21NO3S/c1-16-10-4-7-13-19(16)26(25-22(23)24,20-14-8-5-11-17(20)2)21-15-9-6-12-18(21)3/h4-15H,1-3H3. The third-order valence-corrected chi connectivity index (χ3v) is 7.96. The largest absolute Gasteiger partial charge is 0.305 e. The van der Waals surface area contributed by atoms with Crippen LogP contribution < -0.4 is 0 Å². The van der Waals surface area contributed by atoms with Crippen LogP contribution in [0.25, 0.3) is 0 Å². The van der Waals surface area contributed by atoms with Gasteiger partial charge in [-0.15, -0.1) is 10.1 Å². The fraction of sp³-hybridized carbons (Fsp3) is 0.143. The fourth-order valence-electron chi connectivity index (χ4n) is 3.20. The normalized spacial score (nSPS) is 11.8. The van der Waals surface area contributed by atoms with E-state index in [1.165, 1.54) is 0 Å². The maximum atomic E-state index is 11.7. The highest BCUT2D eigenvalue weighted by Gasteiger charge is 2.38. The first kappa shape index (κ1) is 18.0. The van der Waals surface area contributed by atoms with E-state index in [9.17, 15) is 10.1 Å². The van der Waals surface area contributed by atoms with E-state index in [1.54, 1.807) is 0 Å². The first-order valence-electron chi connectivity index (χ1n) is 8.31. The van der Waals surface area contributed by atoms with E-state index in [1.807, 2.05) is 93.6 Å². The zero-order valence-electron chi connectivity index (χ0n) is 15.0. The van der Waals surface area contributed by atoms with Crippen LogP contribution in [0.5, 0.6) is 0 Å². The Morgan fingerprint density at radius 1 is 0.692 bits per heavy atom. The first-order valence-corrected chi connectivity index (χ1v) is 9.87. The number of nitrogens with zero attached hydrogens (tertiary/aromatic N) is 1. The van der Waals surface area contributed by atoms with E-state index >= 15 is 0 Å². The molecule has 0 fully saturated rings. The van der Waals surface area contributed by atoms with E-state index in [0.717, 1.165) is 31.4 Å². The summed E-state index contributed by atoms with van der Waals surface area (Å²) in [6, 6.07) is 23.2. The van der Waals surface area contributed by atoms with Crippen LogP contribution in [0.15, 0.2) is 87.5 Å². The molecule has 0 heterocycles. The molecule has 0 radical (unpaired) electrons. The second-order valence-electron chi connectivity index (χ2n) is 6.15. The lowest BCUT2D eigenvalue weighted by Crippen LogP contribution is -2.15. The van der Waals surface area contributed by atoms with E-state index in [2.05, 4.69) is 0 Å². The van der Waals surface area contributed by atoms with Crippen LogP contribution >= 0.6 is 10.3 Å². The quantitative estimate of drug-likeness (QED) is 0.409. The maximum Gasteiger partial charge on any atom is 0.305 e. The second-order valence-corrected chi connectivity index (χ2v) is 8.73. The monoisotopic (exact) mass is 367 g/mol. The molecule has 5 heteroatoms. The van der Waals surface area contributed by atoms with Crippen LogP contribution in [0.3, 0.4) is 0 Å². The maximum absolute atomic E-state index is 11.7. The van der Waals surface area contributed by atoms with Gasteiger partial charge in [-0.05, 0) is 66.0 Å². The lowest BCUT2D eigenvalue weighted by Gasteiger charge is -2.40. The molecule has 4 nitrogen and oxygen atoms in total. The van der Waals surface area contributed by atoms with Crippen molar-refractivity contribution in [3.8, 4) is 0 Å². The average Bonchev–Trinajstić information content (AvgIpc) is 2.61. The van der Waals surface area contributed by atoms with Gasteiger partial charge in [-0.3, -0.25) is 0 Å². The Bertz CT molecular complexity index is 844. The van der Waals surface area contributed by atoms with E-state index < -0.39 is 15.4 Å². The van der Waals surface area contributed by atoms with Gasteiger partial charge in [0.25, 0.3) is 0 Å². The third-order valence-electron chi connectivity index (χ3n) is 4.38. The van der Waals surface area contributed by atoms with Gasteiger partial charge in [-0.1, -0.05) is 54.6 Å². The van der Waals surface area contributed by atoms with Gasteiger partial charge < -0.3 is 0 Å². The van der Waals surface area contributed by atoms with Crippen LogP contribution in [0.1, 0.15) is 16.7 Å². The van der Waals surface area contributed by atoms with Crippen molar-refractivity contribution in [2.45, 2.75) is 35.5 Å². The molecule has 0 aliphatic heterocycles. The summed E-state index contributed by atoms with van der Waals surface area (Å²) in [5.41, 5.74) is 2.91. The summed E-state index contributed by atoms with van der Waals surface area (Å²) < 4.78 is 5.64. The van der Waals surface area contributed by atoms with Crippen LogP contribution in [-0.2, 0) is 4.28 Å². The Morgan fingerprint density at radius 3 is 1.27 bits per heavy atom. The van der Waals surface area contributed by atoms with Gasteiger partial charge in [0.15, 0.2) is 0 Å². The summed E-state index contributed by atoms with van der Waals surface area (Å²) in [5, 5.41) is 11.0. The predicted octanol–water partition coefficient (Wildman–Crippen LogP) is 6.02. The lowest BCUT2D eigenvalue weighted by atomic mass is 10.2. The molecule has 0 amide bonds. The minimum absolute atomic E-state index is 0.652. The number of rotatable bonds is 5. The van der Waals surface area contributed by atoms with Gasteiger partial charge in [0.1, 0.15) is 0 Å². The van der Waals surface area contributed by atoms with Gasteiger partial charge in [0, 0.05) is 14.7 Å². The van der Waals surface area contributed by atoms with Crippen molar-refractivity contribution in [3.63, 3.8) is 0 Å². The smallest absolute Gasteiger partial charge is 0.249 e. The summed E-state index contributed by atoms with van der Waals surface area (Å²) in [5.74, 6) is 0. The highest BCUT2D eigenvalue weighted by Crippen LogP contribution is 2.71. The van der Waals surface area contributed by atoms with Gasteiger partial charge >= 0.3 is 5.09 Å². The molecule has 0 N–H and O–H groups in total. The highest BCUT2D eigenvalue weighted by molar-refractivity contribution is 8.30. The topological polar surface area (TPSA) is 52.4 Å². The second kappa shape index (κ2) is 7.22. The van der Waals surface area contributed by atoms with Crippen molar-refractivity contribution in [1.82, 2.24) is 0 Å². The van der Waals surface area contributed by atoms with Crippen molar-refractivity contribution in [3.05, 3.63) is 99.6 Å². The van der Waals surface area contributed by atoms with E-state index in [-0.39, 0.29) is 0 Å². The van der Waals surface area contributed by atoms with Gasteiger partial charge in [-0.25, -0.2) is 4.28 Å². The van der Waals surface area contributed by atoms with Crippen molar-refractivity contribution >= 4 is 10.3 Å². The fourth-order valence-corrected chi connectivity index (χ4v) is 6.71. The van der Waals surface area contributed by atoms with Gasteiger partial charge in [-0.2, -0.15) is 0 Å². The van der Waals surface area contributed by atoms with Crippen LogP contribution in [0.2, 0.25) is 0 Å². The molecule has 0 aromatic heterocycles. The Hall–Kier alpha value is -2.79. The molecule has 0 atom stereocenters. The first-order chi connectivity index (χ1) is 12.5. The SMILES string of the molecule is Cc1ccccc1S(O[N+](=O)[O-])(c1ccccc1C)c1ccccc1C. The zero-order valence-corrected chi connectivity index (χ0v) is 15.8. The van der Waals surface area contributed by atoms with Gasteiger partial charge in [0.2, 0.25) is 0 Å². The minimum Gasteiger partial charge on any atom is -0.249 e. The molecule has 0 aliphatic carbocycles. The third kappa shape index (κ3) is 3.06. The summed E-state index contributed by atoms with van der Waals surface area (Å²) >= 11 is 0. The Morgan fingerprint density at radius 2 is 1.00 bits per heavy atom. The molecule has 0 spiro atoms. The Labute approximate surface area is 155 Å².